The van der Waals surface area contributed by atoms with Gasteiger partial charge in [-0.3, -0.25) is 9.59 Å². The summed E-state index contributed by atoms with van der Waals surface area (Å²) in [5.41, 5.74) is -0.705. The van der Waals surface area contributed by atoms with Crippen molar-refractivity contribution < 1.29 is 14.3 Å². The Kier molecular flexibility index (Phi) is 1.90. The van der Waals surface area contributed by atoms with E-state index in [2.05, 4.69) is 0 Å². The Bertz CT molecular complexity index is 259. The molecule has 1 heterocycles. The van der Waals surface area contributed by atoms with Crippen molar-refractivity contribution in [2.75, 3.05) is 0 Å². The first-order valence-corrected chi connectivity index (χ1v) is 4.90. The van der Waals surface area contributed by atoms with Crippen LogP contribution in [0, 0.1) is 5.92 Å². The van der Waals surface area contributed by atoms with Crippen molar-refractivity contribution >= 4 is 11.8 Å². The molecule has 1 saturated carbocycles. The molecule has 0 N–H and O–H groups in total. The van der Waals surface area contributed by atoms with E-state index in [1.54, 1.807) is 0 Å². The average Bonchev–Trinajstić information content (AvgIpc) is 2.42. The molecular weight excluding hydrogens is 168 g/mol. The van der Waals surface area contributed by atoms with Crippen LogP contribution < -0.4 is 0 Å². The smallest absolute Gasteiger partial charge is 0.309 e. The lowest BCUT2D eigenvalue weighted by Gasteiger charge is -2.33. The lowest BCUT2D eigenvalue weighted by atomic mass is 9.87. The third-order valence-electron chi connectivity index (χ3n) is 3.17. The zero-order valence-electron chi connectivity index (χ0n) is 7.84. The molecule has 0 amide bonds. The monoisotopic (exact) mass is 182 g/mol. The van der Waals surface area contributed by atoms with Gasteiger partial charge in [-0.2, -0.15) is 0 Å². The van der Waals surface area contributed by atoms with Gasteiger partial charge in [0, 0.05) is 6.42 Å². The normalized spacial score (nSPS) is 39.6. The van der Waals surface area contributed by atoms with E-state index in [0.717, 1.165) is 25.7 Å². The second kappa shape index (κ2) is 2.82. The highest BCUT2D eigenvalue weighted by Crippen LogP contribution is 2.39. The van der Waals surface area contributed by atoms with Crippen molar-refractivity contribution in [3.8, 4) is 0 Å². The fourth-order valence-corrected chi connectivity index (χ4v) is 2.19. The van der Waals surface area contributed by atoms with Gasteiger partial charge in [-0.25, -0.2) is 0 Å². The Hall–Kier alpha value is -0.860. The van der Waals surface area contributed by atoms with Crippen LogP contribution in [0.3, 0.4) is 0 Å². The molecule has 13 heavy (non-hydrogen) atoms. The number of ether oxygens (including phenoxy) is 1. The summed E-state index contributed by atoms with van der Waals surface area (Å²) in [6, 6.07) is 0. The summed E-state index contributed by atoms with van der Waals surface area (Å²) in [6.07, 6.45) is 3.73. The van der Waals surface area contributed by atoms with Crippen molar-refractivity contribution in [2.45, 2.75) is 44.6 Å². The van der Waals surface area contributed by atoms with Gasteiger partial charge in [0.25, 0.3) is 0 Å². The molecular formula is C10H14O3. The lowest BCUT2D eigenvalue weighted by Crippen LogP contribution is -2.44. The van der Waals surface area contributed by atoms with Crippen LogP contribution in [0.5, 0.6) is 0 Å². The lowest BCUT2D eigenvalue weighted by molar-refractivity contribution is -0.177. The Morgan fingerprint density at radius 3 is 2.69 bits per heavy atom. The number of Topliss-reactive ketones (excluding diaryl/α,β-unsaturated/α-hetero) is 1. The van der Waals surface area contributed by atoms with Gasteiger partial charge in [-0.15, -0.1) is 0 Å². The molecule has 3 nitrogen and oxygen atoms in total. The Morgan fingerprint density at radius 2 is 2.15 bits per heavy atom. The Labute approximate surface area is 77.4 Å². The van der Waals surface area contributed by atoms with Crippen molar-refractivity contribution in [3.63, 3.8) is 0 Å². The fraction of sp³-hybridized carbons (Fsp3) is 0.800. The molecule has 2 fully saturated rings. The molecule has 1 spiro atoms. The van der Waals surface area contributed by atoms with Crippen molar-refractivity contribution in [1.29, 1.82) is 0 Å². The summed E-state index contributed by atoms with van der Waals surface area (Å²) in [5.74, 6) is -0.0896. The van der Waals surface area contributed by atoms with E-state index < -0.39 is 5.60 Å². The molecule has 0 unspecified atom stereocenters. The van der Waals surface area contributed by atoms with Crippen LogP contribution in [0.1, 0.15) is 39.0 Å². The SMILES string of the molecule is C[C@@H]1CC[C@]2(CCCC2=O)OC1=O. The largest absolute Gasteiger partial charge is 0.451 e. The highest BCUT2D eigenvalue weighted by Gasteiger charge is 2.48. The summed E-state index contributed by atoms with van der Waals surface area (Å²) in [7, 11) is 0. The molecule has 2 aliphatic rings. The Morgan fingerprint density at radius 1 is 1.38 bits per heavy atom. The van der Waals surface area contributed by atoms with Crippen LogP contribution >= 0.6 is 0 Å². The van der Waals surface area contributed by atoms with E-state index in [0.29, 0.717) is 6.42 Å². The third kappa shape index (κ3) is 1.26. The molecule has 3 heteroatoms. The standard InChI is InChI=1S/C10H14O3/c1-7-4-6-10(13-9(7)12)5-2-3-8(10)11/h7H,2-6H2,1H3/t7-,10+/m1/s1. The zero-order valence-corrected chi connectivity index (χ0v) is 7.84. The van der Waals surface area contributed by atoms with Gasteiger partial charge in [0.15, 0.2) is 11.4 Å². The second-order valence-corrected chi connectivity index (χ2v) is 4.13. The maximum Gasteiger partial charge on any atom is 0.309 e. The highest BCUT2D eigenvalue weighted by atomic mass is 16.6. The number of carbonyl (C=O) groups is 2. The maximum atomic E-state index is 11.5. The molecule has 2 rings (SSSR count). The van der Waals surface area contributed by atoms with Crippen molar-refractivity contribution in [3.05, 3.63) is 0 Å². The van der Waals surface area contributed by atoms with Crippen LogP contribution in [-0.2, 0) is 14.3 Å². The van der Waals surface area contributed by atoms with Gasteiger partial charge >= 0.3 is 5.97 Å². The Balaban J connectivity index is 2.17. The maximum absolute atomic E-state index is 11.5. The van der Waals surface area contributed by atoms with E-state index in [9.17, 15) is 9.59 Å². The van der Waals surface area contributed by atoms with Crippen LogP contribution in [0.15, 0.2) is 0 Å². The molecule has 2 atom stereocenters. The predicted octanol–water partition coefficient (Wildman–Crippen LogP) is 1.45. The van der Waals surface area contributed by atoms with Gasteiger partial charge in [0.05, 0.1) is 5.92 Å². The summed E-state index contributed by atoms with van der Waals surface area (Å²) in [5, 5.41) is 0. The molecule has 1 aliphatic carbocycles. The summed E-state index contributed by atoms with van der Waals surface area (Å²) >= 11 is 0. The quantitative estimate of drug-likeness (QED) is 0.532. The predicted molar refractivity (Wildman–Crippen MR) is 46.1 cm³/mol. The molecule has 0 radical (unpaired) electrons. The van der Waals surface area contributed by atoms with Crippen molar-refractivity contribution in [2.24, 2.45) is 5.92 Å². The first kappa shape index (κ1) is 8.73. The van der Waals surface area contributed by atoms with Crippen LogP contribution in [0.25, 0.3) is 0 Å². The summed E-state index contributed by atoms with van der Waals surface area (Å²) < 4.78 is 5.27. The highest BCUT2D eigenvalue weighted by molar-refractivity contribution is 5.92. The van der Waals surface area contributed by atoms with Crippen LogP contribution in [-0.4, -0.2) is 17.4 Å². The van der Waals surface area contributed by atoms with Crippen LogP contribution in [0.4, 0.5) is 0 Å². The summed E-state index contributed by atoms with van der Waals surface area (Å²) in [4.78, 5) is 22.9. The van der Waals surface area contributed by atoms with E-state index in [-0.39, 0.29) is 17.7 Å². The topological polar surface area (TPSA) is 43.4 Å². The van der Waals surface area contributed by atoms with E-state index in [1.807, 2.05) is 6.92 Å². The molecule has 0 aromatic heterocycles. The first-order valence-electron chi connectivity index (χ1n) is 4.90. The number of esters is 1. The molecule has 1 saturated heterocycles. The fourth-order valence-electron chi connectivity index (χ4n) is 2.19. The van der Waals surface area contributed by atoms with Crippen LogP contribution in [0.2, 0.25) is 0 Å². The summed E-state index contributed by atoms with van der Waals surface area (Å²) in [6.45, 7) is 1.86. The van der Waals surface area contributed by atoms with Gasteiger partial charge in [-0.1, -0.05) is 6.92 Å². The van der Waals surface area contributed by atoms with Gasteiger partial charge in [-0.05, 0) is 25.7 Å². The van der Waals surface area contributed by atoms with E-state index >= 15 is 0 Å². The van der Waals surface area contributed by atoms with Gasteiger partial charge in [0.2, 0.25) is 0 Å². The van der Waals surface area contributed by atoms with Crippen molar-refractivity contribution in [1.82, 2.24) is 0 Å². The average molecular weight is 182 g/mol. The number of hydrogen-bond acceptors (Lipinski definition) is 3. The molecule has 0 bridgehead atoms. The van der Waals surface area contributed by atoms with Gasteiger partial charge < -0.3 is 4.74 Å². The number of hydrogen-bond donors (Lipinski definition) is 0. The molecule has 0 aromatic rings. The molecule has 1 aliphatic heterocycles. The minimum absolute atomic E-state index is 0.0287. The first-order chi connectivity index (χ1) is 6.14. The number of carbonyl (C=O) groups excluding carboxylic acids is 2. The van der Waals surface area contributed by atoms with E-state index in [1.165, 1.54) is 0 Å². The number of rotatable bonds is 0. The van der Waals surface area contributed by atoms with E-state index in [4.69, 9.17) is 4.74 Å². The second-order valence-electron chi connectivity index (χ2n) is 4.13. The number of ketones is 1. The molecule has 0 aromatic carbocycles. The molecule has 72 valence electrons. The van der Waals surface area contributed by atoms with Gasteiger partial charge in [0.1, 0.15) is 0 Å². The zero-order chi connectivity index (χ0) is 9.47. The minimum atomic E-state index is -0.705. The third-order valence-corrected chi connectivity index (χ3v) is 3.17. The minimum Gasteiger partial charge on any atom is -0.451 e.